The molecule has 5 rings (SSSR count). The minimum Gasteiger partial charge on any atom is -0.460 e. The Balaban J connectivity index is 1.65. The molecular formula is C26H31ClN4O2S. The molecule has 180 valence electrons. The van der Waals surface area contributed by atoms with Crippen LogP contribution >= 0.6 is 22.9 Å². The van der Waals surface area contributed by atoms with Gasteiger partial charge in [0.1, 0.15) is 22.5 Å². The number of hydrogen-bond donors (Lipinski definition) is 0. The number of aryl methyl sites for hydroxylation is 2. The summed E-state index contributed by atoms with van der Waals surface area (Å²) in [6.07, 6.45) is 8.63. The van der Waals surface area contributed by atoms with E-state index in [0.29, 0.717) is 17.7 Å². The number of allylic oxidation sites excluding steroid dienone is 4. The van der Waals surface area contributed by atoms with E-state index >= 15 is 0 Å². The molecule has 1 fully saturated rings. The van der Waals surface area contributed by atoms with Crippen molar-refractivity contribution >= 4 is 34.6 Å². The highest BCUT2D eigenvalue weighted by molar-refractivity contribution is 7.15. The molecular weight excluding hydrogens is 468 g/mol. The summed E-state index contributed by atoms with van der Waals surface area (Å²) in [4.78, 5) is 19.4. The standard InChI is InChI=1S/C26H31ClN4O2S/c1-13-14(2)34-25-22(13)23(16-8-7-9-19(27)18-11-17(18)10-16)28-20(12-21(32)33-26(4,5)6)24-30-29-15(3)31(24)25/h7,9-10,17-20H,8,11-12H2,1-6H3/t17?,18?,19?,20-/m0/s1. The molecule has 0 spiro atoms. The fourth-order valence-corrected chi connectivity index (χ4v) is 6.46. The summed E-state index contributed by atoms with van der Waals surface area (Å²) in [6, 6.07) is -0.476. The molecule has 1 saturated carbocycles. The lowest BCUT2D eigenvalue weighted by Gasteiger charge is -2.21. The summed E-state index contributed by atoms with van der Waals surface area (Å²) < 4.78 is 7.74. The summed E-state index contributed by atoms with van der Waals surface area (Å²) in [6.45, 7) is 11.9. The molecule has 34 heavy (non-hydrogen) atoms. The lowest BCUT2D eigenvalue weighted by molar-refractivity contribution is -0.155. The van der Waals surface area contributed by atoms with Crippen molar-refractivity contribution in [3.63, 3.8) is 0 Å². The van der Waals surface area contributed by atoms with Gasteiger partial charge >= 0.3 is 5.97 Å². The Hall–Kier alpha value is -2.25. The first-order chi connectivity index (χ1) is 16.0. The van der Waals surface area contributed by atoms with Gasteiger partial charge in [-0.05, 0) is 77.4 Å². The number of esters is 1. The van der Waals surface area contributed by atoms with Gasteiger partial charge < -0.3 is 4.74 Å². The first-order valence-corrected chi connectivity index (χ1v) is 13.1. The van der Waals surface area contributed by atoms with E-state index in [4.69, 9.17) is 21.3 Å². The second-order valence-electron chi connectivity index (χ2n) is 10.5. The SMILES string of the molecule is Cc1sc2c(c1C)C(C1=CC3CC3C(Cl)C=CC1)=N[C@@H](CC(=O)OC(C)(C)C)c1nnc(C)n1-2. The molecule has 0 N–H and O–H groups in total. The molecule has 2 aliphatic carbocycles. The van der Waals surface area contributed by atoms with Crippen molar-refractivity contribution < 1.29 is 9.53 Å². The topological polar surface area (TPSA) is 69.4 Å². The van der Waals surface area contributed by atoms with Crippen LogP contribution in [0.25, 0.3) is 5.00 Å². The number of carbonyl (C=O) groups is 1. The molecule has 0 amide bonds. The highest BCUT2D eigenvalue weighted by Crippen LogP contribution is 2.48. The Labute approximate surface area is 209 Å². The summed E-state index contributed by atoms with van der Waals surface area (Å²) in [5, 5.41) is 10.0. The van der Waals surface area contributed by atoms with E-state index in [1.54, 1.807) is 11.3 Å². The van der Waals surface area contributed by atoms with Gasteiger partial charge in [0.25, 0.3) is 0 Å². The van der Waals surface area contributed by atoms with Crippen LogP contribution in [0.3, 0.4) is 0 Å². The second-order valence-corrected chi connectivity index (χ2v) is 12.2. The van der Waals surface area contributed by atoms with Crippen molar-refractivity contribution in [1.82, 2.24) is 14.8 Å². The number of ether oxygens (including phenoxy) is 1. The van der Waals surface area contributed by atoms with Crippen LogP contribution in [0.2, 0.25) is 0 Å². The Kier molecular flexibility index (Phi) is 5.84. The fourth-order valence-electron chi connectivity index (χ4n) is 4.85. The average molecular weight is 499 g/mol. The van der Waals surface area contributed by atoms with Gasteiger partial charge in [-0.1, -0.05) is 18.2 Å². The van der Waals surface area contributed by atoms with Crippen LogP contribution in [-0.4, -0.2) is 37.4 Å². The smallest absolute Gasteiger partial charge is 0.308 e. The maximum atomic E-state index is 12.9. The molecule has 3 heterocycles. The van der Waals surface area contributed by atoms with Gasteiger partial charge in [-0.25, -0.2) is 0 Å². The number of halogens is 1. The Morgan fingerprint density at radius 2 is 2.03 bits per heavy atom. The van der Waals surface area contributed by atoms with Crippen LogP contribution in [0, 0.1) is 32.6 Å². The number of rotatable bonds is 3. The second kappa shape index (κ2) is 8.45. The molecule has 2 aromatic heterocycles. The maximum Gasteiger partial charge on any atom is 0.308 e. The van der Waals surface area contributed by atoms with Gasteiger partial charge in [0.15, 0.2) is 5.82 Å². The lowest BCUT2D eigenvalue weighted by atomic mass is 9.94. The molecule has 0 radical (unpaired) electrons. The fraction of sp³-hybridized carbons (Fsp3) is 0.538. The van der Waals surface area contributed by atoms with Gasteiger partial charge in [0.05, 0.1) is 17.5 Å². The van der Waals surface area contributed by atoms with Crippen molar-refractivity contribution in [2.45, 2.75) is 77.8 Å². The Bertz CT molecular complexity index is 1250. The van der Waals surface area contributed by atoms with Crippen molar-refractivity contribution in [1.29, 1.82) is 0 Å². The lowest BCUT2D eigenvalue weighted by Crippen LogP contribution is -2.25. The van der Waals surface area contributed by atoms with E-state index in [2.05, 4.69) is 46.8 Å². The number of aliphatic imine (C=N–C) groups is 1. The van der Waals surface area contributed by atoms with Crippen LogP contribution in [0.1, 0.15) is 73.7 Å². The molecule has 4 atom stereocenters. The highest BCUT2D eigenvalue weighted by Gasteiger charge is 2.41. The molecule has 1 aliphatic heterocycles. The molecule has 3 unspecified atom stereocenters. The van der Waals surface area contributed by atoms with Gasteiger partial charge in [-0.3, -0.25) is 14.4 Å². The van der Waals surface area contributed by atoms with Crippen LogP contribution in [0.5, 0.6) is 0 Å². The van der Waals surface area contributed by atoms with Crippen LogP contribution in [0.15, 0.2) is 28.8 Å². The van der Waals surface area contributed by atoms with Crippen LogP contribution in [-0.2, 0) is 9.53 Å². The molecule has 2 aromatic rings. The number of aromatic nitrogens is 3. The normalized spacial score (nSPS) is 25.7. The van der Waals surface area contributed by atoms with Crippen molar-refractivity contribution in [2.24, 2.45) is 16.8 Å². The number of thiophene rings is 1. The first-order valence-electron chi connectivity index (χ1n) is 11.9. The summed E-state index contributed by atoms with van der Waals surface area (Å²) in [7, 11) is 0. The predicted octanol–water partition coefficient (Wildman–Crippen LogP) is 5.96. The molecule has 6 nitrogen and oxygen atoms in total. The monoisotopic (exact) mass is 498 g/mol. The average Bonchev–Trinajstić information content (AvgIpc) is 3.32. The third-order valence-corrected chi connectivity index (χ3v) is 8.36. The minimum atomic E-state index is -0.559. The number of fused-ring (bicyclic) bond motifs is 4. The van der Waals surface area contributed by atoms with Gasteiger partial charge in [-0.15, -0.1) is 33.1 Å². The van der Waals surface area contributed by atoms with Crippen molar-refractivity contribution in [3.05, 3.63) is 51.5 Å². The van der Waals surface area contributed by atoms with Crippen LogP contribution < -0.4 is 0 Å². The highest BCUT2D eigenvalue weighted by atomic mass is 35.5. The van der Waals surface area contributed by atoms with E-state index in [9.17, 15) is 4.79 Å². The molecule has 0 saturated heterocycles. The van der Waals surface area contributed by atoms with E-state index in [-0.39, 0.29) is 17.8 Å². The van der Waals surface area contributed by atoms with E-state index in [0.717, 1.165) is 34.9 Å². The number of carbonyl (C=O) groups excluding carboxylic acids is 1. The van der Waals surface area contributed by atoms with E-state index < -0.39 is 11.6 Å². The maximum absolute atomic E-state index is 12.9. The quantitative estimate of drug-likeness (QED) is 0.297. The van der Waals surface area contributed by atoms with E-state index in [1.165, 1.54) is 16.0 Å². The molecule has 3 aliphatic rings. The van der Waals surface area contributed by atoms with Crippen molar-refractivity contribution in [3.8, 4) is 5.00 Å². The zero-order valence-electron chi connectivity index (χ0n) is 20.6. The minimum absolute atomic E-state index is 0.0955. The third-order valence-electron chi connectivity index (χ3n) is 6.70. The number of hydrogen-bond acceptors (Lipinski definition) is 6. The van der Waals surface area contributed by atoms with Crippen molar-refractivity contribution in [2.75, 3.05) is 0 Å². The zero-order valence-corrected chi connectivity index (χ0v) is 22.1. The summed E-state index contributed by atoms with van der Waals surface area (Å²) in [5.74, 6) is 2.16. The molecule has 0 aromatic carbocycles. The molecule has 8 heteroatoms. The number of nitrogens with zero attached hydrogens (tertiary/aromatic N) is 4. The van der Waals surface area contributed by atoms with Gasteiger partial charge in [-0.2, -0.15) is 0 Å². The third kappa shape index (κ3) is 4.29. The summed E-state index contributed by atoms with van der Waals surface area (Å²) in [5.41, 5.74) is 3.93. The largest absolute Gasteiger partial charge is 0.460 e. The van der Waals surface area contributed by atoms with E-state index in [1.807, 2.05) is 27.7 Å². The summed E-state index contributed by atoms with van der Waals surface area (Å²) >= 11 is 8.27. The van der Waals surface area contributed by atoms with Gasteiger partial charge in [0.2, 0.25) is 0 Å². The molecule has 0 bridgehead atoms. The van der Waals surface area contributed by atoms with Crippen LogP contribution in [0.4, 0.5) is 0 Å². The Morgan fingerprint density at radius 1 is 1.26 bits per heavy atom. The Morgan fingerprint density at radius 3 is 2.76 bits per heavy atom. The zero-order chi connectivity index (χ0) is 24.4. The number of alkyl halides is 1. The first kappa shape index (κ1) is 23.5. The van der Waals surface area contributed by atoms with Gasteiger partial charge in [0, 0.05) is 10.4 Å². The predicted molar refractivity (Wildman–Crippen MR) is 136 cm³/mol.